The van der Waals surface area contributed by atoms with Crippen LogP contribution in [0.1, 0.15) is 39.9 Å². The fourth-order valence-electron chi connectivity index (χ4n) is 6.28. The number of rotatable bonds is 5. The number of hydrogen-bond donors (Lipinski definition) is 0. The van der Waals surface area contributed by atoms with E-state index in [0.717, 1.165) is 13.0 Å². The molecule has 0 fully saturated rings. The number of nitrogens with zero attached hydrogens (tertiary/aromatic N) is 1. The van der Waals surface area contributed by atoms with Crippen LogP contribution >= 0.6 is 17.0 Å². The molecule has 1 nitrogen and oxygen atoms in total. The number of benzene rings is 5. The summed E-state index contributed by atoms with van der Waals surface area (Å²) in [4.78, 5) is 2.77. The van der Waals surface area contributed by atoms with E-state index in [9.17, 15) is 0 Å². The first-order valence-electron chi connectivity index (χ1n) is 12.9. The molecule has 0 atom stereocenters. The van der Waals surface area contributed by atoms with Crippen molar-refractivity contribution in [2.24, 2.45) is 0 Å². The second-order valence-corrected chi connectivity index (χ2v) is 13.4. The minimum atomic E-state index is -0.826. The summed E-state index contributed by atoms with van der Waals surface area (Å²) < 4.78 is 0. The van der Waals surface area contributed by atoms with Gasteiger partial charge in [-0.3, -0.25) is 4.90 Å². The topological polar surface area (TPSA) is 3.24 Å². The van der Waals surface area contributed by atoms with Crippen LogP contribution < -0.4 is 0 Å². The zero-order valence-corrected chi connectivity index (χ0v) is 26.9. The molecule has 2 aliphatic carbocycles. The molecule has 7 rings (SSSR count). The normalized spacial score (nSPS) is 12.5. The molecule has 0 spiro atoms. The van der Waals surface area contributed by atoms with Crippen molar-refractivity contribution in [3.8, 4) is 22.3 Å². The average molecular weight is 642 g/mol. The van der Waals surface area contributed by atoms with E-state index in [4.69, 9.17) is 17.0 Å². The minimum absolute atomic E-state index is 0. The van der Waals surface area contributed by atoms with Crippen LogP contribution in [0.4, 0.5) is 0 Å². The summed E-state index contributed by atoms with van der Waals surface area (Å²) in [6.45, 7) is 0.977. The van der Waals surface area contributed by atoms with Gasteiger partial charge in [0.05, 0.1) is 12.1 Å². The van der Waals surface area contributed by atoms with Crippen molar-refractivity contribution in [2.45, 2.75) is 18.5 Å². The van der Waals surface area contributed by atoms with E-state index in [1.807, 2.05) is 0 Å². The van der Waals surface area contributed by atoms with Gasteiger partial charge in [-0.15, -0.1) is 0 Å². The van der Waals surface area contributed by atoms with Gasteiger partial charge in [0.25, 0.3) is 0 Å². The molecule has 0 radical (unpaired) electrons. The summed E-state index contributed by atoms with van der Waals surface area (Å²) in [5.74, 6) is 0. The van der Waals surface area contributed by atoms with E-state index in [0.29, 0.717) is 0 Å². The van der Waals surface area contributed by atoms with E-state index in [1.54, 1.807) is 0 Å². The third-order valence-corrected chi connectivity index (χ3v) is 7.77. The Morgan fingerprint density at radius 3 is 1.12 bits per heavy atom. The van der Waals surface area contributed by atoms with Crippen LogP contribution in [0.2, 0.25) is 0 Å². The Hall–Kier alpha value is -2.48. The van der Waals surface area contributed by atoms with Gasteiger partial charge in [0.15, 0.2) is 0 Å². The molecule has 0 heterocycles. The second kappa shape index (κ2) is 13.9. The third-order valence-electron chi connectivity index (χ3n) is 7.77. The van der Waals surface area contributed by atoms with Gasteiger partial charge in [-0.1, -0.05) is 127 Å². The van der Waals surface area contributed by atoms with Crippen LogP contribution in [-0.2, 0) is 27.3 Å². The molecule has 40 heavy (non-hydrogen) atoms. The van der Waals surface area contributed by atoms with Crippen molar-refractivity contribution < 1.29 is 20.8 Å². The summed E-state index contributed by atoms with van der Waals surface area (Å²) in [6, 6.07) is 47.4. The Balaban J connectivity index is 0.000000710. The maximum atomic E-state index is 4.93. The van der Waals surface area contributed by atoms with Gasteiger partial charge in [0.2, 0.25) is 0 Å². The largest absolute Gasteiger partial charge is 0.281 e. The van der Waals surface area contributed by atoms with Gasteiger partial charge >= 0.3 is 37.9 Å². The van der Waals surface area contributed by atoms with Crippen molar-refractivity contribution in [1.29, 1.82) is 0 Å². The monoisotopic (exact) mass is 639 g/mol. The molecular weight excluding hydrogens is 609 g/mol. The molecule has 2 aliphatic rings. The fraction of sp³-hybridized carbons (Fsp3) is 0.111. The number of fused-ring (bicyclic) bond motifs is 6. The standard InChI is InChI=1S/C34H27N.2CH3.2ClH.Zr/c1-2-12-24(13-3-1)22-23-35(33-29-18-8-4-14-25(29)26-15-5-9-19-30(26)33)34-31-20-10-6-16-27(31)28-17-7-11-21-32(28)34;;;;;/h1-21,33-34H,22-23H2;2*1H3;2*1H;/q;2*-1;;;+4/p-2. The average Bonchev–Trinajstić information content (AvgIpc) is 3.48. The van der Waals surface area contributed by atoms with Gasteiger partial charge in [-0.05, 0) is 56.5 Å². The molecule has 0 aliphatic heterocycles. The molecule has 4 heteroatoms. The van der Waals surface area contributed by atoms with E-state index < -0.39 is 20.8 Å². The van der Waals surface area contributed by atoms with Crippen molar-refractivity contribution >= 4 is 17.0 Å². The second-order valence-electron chi connectivity index (χ2n) is 9.70. The van der Waals surface area contributed by atoms with Crippen molar-refractivity contribution in [3.63, 3.8) is 0 Å². The zero-order valence-electron chi connectivity index (χ0n) is 22.9. The van der Waals surface area contributed by atoms with Gasteiger partial charge in [0, 0.05) is 6.54 Å². The van der Waals surface area contributed by atoms with Gasteiger partial charge in [-0.25, -0.2) is 0 Å². The Morgan fingerprint density at radius 1 is 0.475 bits per heavy atom. The van der Waals surface area contributed by atoms with Gasteiger partial charge in [-0.2, -0.15) is 0 Å². The Bertz CT molecular complexity index is 1370. The Labute approximate surface area is 258 Å². The maximum Gasteiger partial charge on any atom is 0.0622 e. The molecule has 0 saturated carbocycles. The number of halogens is 2. The summed E-state index contributed by atoms with van der Waals surface area (Å²) >= 11 is -0.826. The SMILES string of the molecule is [CH3-].[CH3-].[Cl][Zr+2][Cl].c1ccc(CCN(C2c3ccccc3-c3ccccc32)C2c3ccccc3-c3ccccc32)cc1. The summed E-state index contributed by atoms with van der Waals surface area (Å²) in [5.41, 5.74) is 12.6. The summed E-state index contributed by atoms with van der Waals surface area (Å²) in [6.07, 6.45) is 1.02. The first kappa shape index (κ1) is 30.5. The van der Waals surface area contributed by atoms with Crippen molar-refractivity contribution in [2.75, 3.05) is 6.54 Å². The smallest absolute Gasteiger partial charge is 0.0622 e. The zero-order chi connectivity index (χ0) is 25.9. The maximum absolute atomic E-state index is 4.93. The Kier molecular flexibility index (Phi) is 10.6. The molecule has 0 amide bonds. The molecule has 0 N–H and O–H groups in total. The molecular formula is C36H33Cl2NZr. The van der Waals surface area contributed by atoms with Crippen LogP contribution in [0.25, 0.3) is 22.3 Å². The van der Waals surface area contributed by atoms with Gasteiger partial charge in [0.1, 0.15) is 0 Å². The van der Waals surface area contributed by atoms with E-state index in [2.05, 4.69) is 132 Å². The first-order valence-corrected chi connectivity index (χ1v) is 19.3. The van der Waals surface area contributed by atoms with E-state index in [-0.39, 0.29) is 26.9 Å². The van der Waals surface area contributed by atoms with Crippen LogP contribution in [0.3, 0.4) is 0 Å². The third kappa shape index (κ3) is 5.66. The van der Waals surface area contributed by atoms with E-state index >= 15 is 0 Å². The van der Waals surface area contributed by atoms with Crippen LogP contribution in [0.5, 0.6) is 0 Å². The van der Waals surface area contributed by atoms with Crippen molar-refractivity contribution in [1.82, 2.24) is 4.90 Å². The fourth-order valence-corrected chi connectivity index (χ4v) is 6.28. The summed E-state index contributed by atoms with van der Waals surface area (Å²) in [7, 11) is 9.87. The predicted octanol–water partition coefficient (Wildman–Crippen LogP) is 10.3. The molecule has 0 aromatic heterocycles. The molecule has 200 valence electrons. The van der Waals surface area contributed by atoms with Crippen LogP contribution in [0, 0.1) is 14.9 Å². The van der Waals surface area contributed by atoms with E-state index in [1.165, 1.54) is 50.1 Å². The quantitative estimate of drug-likeness (QED) is 0.173. The van der Waals surface area contributed by atoms with Crippen LogP contribution in [0.15, 0.2) is 127 Å². The first-order chi connectivity index (χ1) is 18.8. The number of hydrogen-bond acceptors (Lipinski definition) is 1. The summed E-state index contributed by atoms with van der Waals surface area (Å²) in [5, 5.41) is 0. The molecule has 0 saturated heterocycles. The molecule has 0 bridgehead atoms. The Morgan fingerprint density at radius 2 is 0.775 bits per heavy atom. The minimum Gasteiger partial charge on any atom is -0.281 e. The molecule has 5 aromatic carbocycles. The predicted molar refractivity (Wildman–Crippen MR) is 169 cm³/mol. The van der Waals surface area contributed by atoms with Gasteiger partial charge < -0.3 is 14.9 Å². The molecule has 5 aromatic rings. The van der Waals surface area contributed by atoms with Crippen LogP contribution in [-0.4, -0.2) is 11.4 Å². The molecule has 0 unspecified atom stereocenters. The van der Waals surface area contributed by atoms with Crippen molar-refractivity contribution in [3.05, 3.63) is 170 Å².